The first-order valence-electron chi connectivity index (χ1n) is 10.6. The van der Waals surface area contributed by atoms with Crippen LogP contribution in [0.25, 0.3) is 0 Å². The van der Waals surface area contributed by atoms with Gasteiger partial charge in [-0.15, -0.1) is 0 Å². The quantitative estimate of drug-likeness (QED) is 0.467. The minimum absolute atomic E-state index is 0.158. The second-order valence-electron chi connectivity index (χ2n) is 8.07. The number of benzene rings is 2. The summed E-state index contributed by atoms with van der Waals surface area (Å²) in [6, 6.07) is 13.9. The molecule has 1 amide bonds. The Hall–Kier alpha value is -3.17. The number of carbonyl (C=O) groups excluding carboxylic acids is 1. The van der Waals surface area contributed by atoms with Gasteiger partial charge in [0.15, 0.2) is 0 Å². The van der Waals surface area contributed by atoms with Gasteiger partial charge in [0.1, 0.15) is 18.1 Å². The lowest BCUT2D eigenvalue weighted by atomic mass is 10.1. The molecule has 0 aliphatic heterocycles. The van der Waals surface area contributed by atoms with E-state index in [4.69, 9.17) is 9.26 Å². The van der Waals surface area contributed by atoms with Gasteiger partial charge in [-0.25, -0.2) is 13.1 Å². The second kappa shape index (κ2) is 10.6. The molecular weight excluding hydrogens is 442 g/mol. The molecular formula is C24H29N3O5S. The number of ether oxygens (including phenoxy) is 1. The van der Waals surface area contributed by atoms with Crippen LogP contribution in [0.2, 0.25) is 0 Å². The van der Waals surface area contributed by atoms with Gasteiger partial charge in [-0.1, -0.05) is 41.6 Å². The van der Waals surface area contributed by atoms with Crippen LogP contribution in [-0.2, 0) is 28.9 Å². The Morgan fingerprint density at radius 1 is 1.06 bits per heavy atom. The average Bonchev–Trinajstić information content (AvgIpc) is 3.07. The summed E-state index contributed by atoms with van der Waals surface area (Å²) in [4.78, 5) is 12.9. The molecule has 0 fully saturated rings. The van der Waals surface area contributed by atoms with Gasteiger partial charge in [0.05, 0.1) is 22.6 Å². The topological polar surface area (TPSA) is 111 Å². The Kier molecular flexibility index (Phi) is 7.88. The molecule has 3 rings (SSSR count). The van der Waals surface area contributed by atoms with E-state index in [1.807, 2.05) is 19.9 Å². The molecule has 0 radical (unpaired) electrons. The smallest absolute Gasteiger partial charge is 0.255 e. The molecule has 1 aromatic heterocycles. The summed E-state index contributed by atoms with van der Waals surface area (Å²) in [6.45, 7) is 7.61. The van der Waals surface area contributed by atoms with Crippen molar-refractivity contribution in [1.29, 1.82) is 0 Å². The number of rotatable bonds is 10. The summed E-state index contributed by atoms with van der Waals surface area (Å²) in [5.41, 5.74) is 3.34. The minimum atomic E-state index is -3.49. The van der Waals surface area contributed by atoms with Crippen molar-refractivity contribution in [3.8, 4) is 5.75 Å². The highest BCUT2D eigenvalue weighted by atomic mass is 32.2. The SMILES string of the molecule is Cc1noc(C)c1COc1ccccc1C(=O)NCc1ccccc1CS(=O)(=O)NC(C)C. The number of carbonyl (C=O) groups is 1. The van der Waals surface area contributed by atoms with E-state index >= 15 is 0 Å². The maximum absolute atomic E-state index is 12.9. The van der Waals surface area contributed by atoms with Crippen LogP contribution in [0.15, 0.2) is 53.1 Å². The monoisotopic (exact) mass is 471 g/mol. The number of amides is 1. The summed E-state index contributed by atoms with van der Waals surface area (Å²) >= 11 is 0. The molecule has 0 saturated heterocycles. The minimum Gasteiger partial charge on any atom is -0.488 e. The van der Waals surface area contributed by atoms with Gasteiger partial charge in [0, 0.05) is 12.6 Å². The van der Waals surface area contributed by atoms with E-state index in [1.165, 1.54) is 0 Å². The van der Waals surface area contributed by atoms with Gasteiger partial charge in [-0.05, 0) is 51.0 Å². The largest absolute Gasteiger partial charge is 0.488 e. The fourth-order valence-corrected chi connectivity index (χ4v) is 4.88. The van der Waals surface area contributed by atoms with Crippen molar-refractivity contribution in [2.24, 2.45) is 0 Å². The van der Waals surface area contributed by atoms with Crippen molar-refractivity contribution in [2.45, 2.75) is 52.6 Å². The highest BCUT2D eigenvalue weighted by Crippen LogP contribution is 2.22. The molecule has 2 N–H and O–H groups in total. The zero-order valence-electron chi connectivity index (χ0n) is 19.2. The Labute approximate surface area is 194 Å². The molecule has 0 atom stereocenters. The predicted molar refractivity (Wildman–Crippen MR) is 125 cm³/mol. The van der Waals surface area contributed by atoms with Gasteiger partial charge in [0.25, 0.3) is 5.91 Å². The van der Waals surface area contributed by atoms with E-state index in [0.717, 1.165) is 16.8 Å². The number of hydrogen-bond donors (Lipinski definition) is 2. The molecule has 176 valence electrons. The van der Waals surface area contributed by atoms with E-state index in [-0.39, 0.29) is 30.9 Å². The highest BCUT2D eigenvalue weighted by molar-refractivity contribution is 7.88. The van der Waals surface area contributed by atoms with Crippen LogP contribution in [0.4, 0.5) is 0 Å². The Morgan fingerprint density at radius 3 is 2.39 bits per heavy atom. The van der Waals surface area contributed by atoms with Gasteiger partial charge in [-0.2, -0.15) is 0 Å². The third-order valence-electron chi connectivity index (χ3n) is 5.00. The van der Waals surface area contributed by atoms with Crippen molar-refractivity contribution >= 4 is 15.9 Å². The molecule has 8 nitrogen and oxygen atoms in total. The van der Waals surface area contributed by atoms with Gasteiger partial charge in [0.2, 0.25) is 10.0 Å². The first-order valence-corrected chi connectivity index (χ1v) is 12.3. The van der Waals surface area contributed by atoms with E-state index in [1.54, 1.807) is 56.3 Å². The lowest BCUT2D eigenvalue weighted by Gasteiger charge is -2.14. The van der Waals surface area contributed by atoms with Gasteiger partial charge >= 0.3 is 0 Å². The van der Waals surface area contributed by atoms with Crippen LogP contribution in [0, 0.1) is 13.8 Å². The molecule has 9 heteroatoms. The molecule has 0 unspecified atom stereocenters. The van der Waals surface area contributed by atoms with E-state index in [0.29, 0.717) is 22.6 Å². The number of hydrogen-bond acceptors (Lipinski definition) is 6. The average molecular weight is 472 g/mol. The lowest BCUT2D eigenvalue weighted by molar-refractivity contribution is 0.0946. The molecule has 33 heavy (non-hydrogen) atoms. The third kappa shape index (κ3) is 6.66. The zero-order valence-corrected chi connectivity index (χ0v) is 20.0. The number of nitrogens with zero attached hydrogens (tertiary/aromatic N) is 1. The third-order valence-corrected chi connectivity index (χ3v) is 6.53. The molecule has 0 aliphatic carbocycles. The van der Waals surface area contributed by atoms with E-state index in [2.05, 4.69) is 15.2 Å². The zero-order chi connectivity index (χ0) is 24.0. The van der Waals surface area contributed by atoms with Crippen LogP contribution in [0.5, 0.6) is 5.75 Å². The molecule has 0 bridgehead atoms. The fraction of sp³-hybridized carbons (Fsp3) is 0.333. The fourth-order valence-electron chi connectivity index (χ4n) is 3.38. The van der Waals surface area contributed by atoms with Crippen LogP contribution >= 0.6 is 0 Å². The van der Waals surface area contributed by atoms with E-state index < -0.39 is 10.0 Å². The van der Waals surface area contributed by atoms with Gasteiger partial charge in [-0.3, -0.25) is 4.79 Å². The number of para-hydroxylation sites is 1. The normalized spacial score (nSPS) is 11.5. The summed E-state index contributed by atoms with van der Waals surface area (Å²) in [5.74, 6) is 0.635. The van der Waals surface area contributed by atoms with Crippen molar-refractivity contribution in [1.82, 2.24) is 15.2 Å². The number of nitrogens with one attached hydrogen (secondary N) is 2. The first-order chi connectivity index (χ1) is 15.7. The maximum Gasteiger partial charge on any atom is 0.255 e. The van der Waals surface area contributed by atoms with Crippen molar-refractivity contribution in [3.05, 3.63) is 82.2 Å². The summed E-state index contributed by atoms with van der Waals surface area (Å²) in [5, 5.41) is 6.79. The van der Waals surface area contributed by atoms with Crippen LogP contribution in [-0.4, -0.2) is 25.5 Å². The van der Waals surface area contributed by atoms with Crippen molar-refractivity contribution in [3.63, 3.8) is 0 Å². The summed E-state index contributed by atoms with van der Waals surface area (Å²) < 4.78 is 38.4. The van der Waals surface area contributed by atoms with Crippen molar-refractivity contribution in [2.75, 3.05) is 0 Å². The number of sulfonamides is 1. The molecule has 0 saturated carbocycles. The summed E-state index contributed by atoms with van der Waals surface area (Å²) in [6.07, 6.45) is 0. The lowest BCUT2D eigenvalue weighted by Crippen LogP contribution is -2.32. The van der Waals surface area contributed by atoms with E-state index in [9.17, 15) is 13.2 Å². The standard InChI is InChI=1S/C24H29N3O5S/c1-16(2)27-33(29,30)15-20-10-6-5-9-19(20)13-25-24(28)21-11-7-8-12-23(21)31-14-22-17(3)26-32-18(22)4/h5-12,16,27H,13-15H2,1-4H3,(H,25,28). The van der Waals surface area contributed by atoms with Crippen LogP contribution < -0.4 is 14.8 Å². The van der Waals surface area contributed by atoms with Crippen LogP contribution in [0.1, 0.15) is 52.3 Å². The molecule has 0 spiro atoms. The Morgan fingerprint density at radius 2 is 1.73 bits per heavy atom. The molecule has 0 aliphatic rings. The highest BCUT2D eigenvalue weighted by Gasteiger charge is 2.17. The molecule has 2 aromatic carbocycles. The van der Waals surface area contributed by atoms with Gasteiger partial charge < -0.3 is 14.6 Å². The van der Waals surface area contributed by atoms with Crippen molar-refractivity contribution < 1.29 is 22.5 Å². The number of aryl methyl sites for hydroxylation is 2. The Bertz CT molecular complexity index is 1200. The maximum atomic E-state index is 12.9. The van der Waals surface area contributed by atoms with Crippen LogP contribution in [0.3, 0.4) is 0 Å². The molecule has 3 aromatic rings. The first kappa shape index (κ1) is 24.5. The Balaban J connectivity index is 1.70. The molecule has 1 heterocycles. The predicted octanol–water partition coefficient (Wildman–Crippen LogP) is 3.63. The summed E-state index contributed by atoms with van der Waals surface area (Å²) in [7, 11) is -3.49. The second-order valence-corrected chi connectivity index (χ2v) is 9.82. The number of aromatic nitrogens is 1.